The second-order valence-electron chi connectivity index (χ2n) is 4.76. The summed E-state index contributed by atoms with van der Waals surface area (Å²) in [5.41, 5.74) is 2.15. The summed E-state index contributed by atoms with van der Waals surface area (Å²) in [5.74, 6) is 0.818. The molecule has 0 bridgehead atoms. The van der Waals surface area contributed by atoms with Crippen molar-refractivity contribution in [3.63, 3.8) is 0 Å². The standard InChI is InChI=1S/C17H21O4P/c1-19-22(18,20-2)14-8-13-21-17-12-7-6-11-16(17)15-9-4-3-5-10-15/h3-7,9-12H,8,13-14H2,1-2H3. The average molecular weight is 320 g/mol. The number of benzene rings is 2. The molecule has 0 aliphatic heterocycles. The van der Waals surface area contributed by atoms with Gasteiger partial charge in [-0.25, -0.2) is 0 Å². The van der Waals surface area contributed by atoms with Crippen molar-refractivity contribution in [3.05, 3.63) is 54.6 Å². The molecular weight excluding hydrogens is 299 g/mol. The predicted octanol–water partition coefficient (Wildman–Crippen LogP) is 4.61. The number of ether oxygens (including phenoxy) is 1. The van der Waals surface area contributed by atoms with E-state index in [4.69, 9.17) is 13.8 Å². The van der Waals surface area contributed by atoms with Crippen molar-refractivity contribution in [2.45, 2.75) is 6.42 Å². The molecule has 0 saturated heterocycles. The highest BCUT2D eigenvalue weighted by Crippen LogP contribution is 2.46. The maximum Gasteiger partial charge on any atom is 0.330 e. The van der Waals surface area contributed by atoms with E-state index in [1.165, 1.54) is 14.2 Å². The van der Waals surface area contributed by atoms with Crippen LogP contribution in [0.15, 0.2) is 54.6 Å². The summed E-state index contributed by atoms with van der Waals surface area (Å²) in [6.45, 7) is 0.459. The number of rotatable bonds is 8. The zero-order valence-electron chi connectivity index (χ0n) is 12.9. The first kappa shape index (κ1) is 16.8. The SMILES string of the molecule is COP(=O)(CCCOc1ccccc1-c1ccccc1)OC. The van der Waals surface area contributed by atoms with Crippen LogP contribution in [0, 0.1) is 0 Å². The molecule has 0 aliphatic carbocycles. The Morgan fingerprint density at radius 3 is 2.23 bits per heavy atom. The van der Waals surface area contributed by atoms with E-state index in [0.717, 1.165) is 16.9 Å². The van der Waals surface area contributed by atoms with Gasteiger partial charge < -0.3 is 13.8 Å². The molecule has 2 aromatic rings. The van der Waals surface area contributed by atoms with Crippen molar-refractivity contribution in [1.29, 1.82) is 0 Å². The quantitative estimate of drug-likeness (QED) is 0.526. The summed E-state index contributed by atoms with van der Waals surface area (Å²) >= 11 is 0. The van der Waals surface area contributed by atoms with Gasteiger partial charge in [0, 0.05) is 19.8 Å². The van der Waals surface area contributed by atoms with E-state index in [9.17, 15) is 4.57 Å². The third kappa shape index (κ3) is 4.44. The molecule has 0 spiro atoms. The molecule has 0 unspecified atom stereocenters. The monoisotopic (exact) mass is 320 g/mol. The van der Waals surface area contributed by atoms with Crippen LogP contribution in [0.5, 0.6) is 5.75 Å². The molecule has 5 heteroatoms. The zero-order chi connectivity index (χ0) is 15.8. The first-order chi connectivity index (χ1) is 10.7. The van der Waals surface area contributed by atoms with E-state index in [-0.39, 0.29) is 0 Å². The van der Waals surface area contributed by atoms with E-state index in [1.54, 1.807) is 0 Å². The molecule has 0 N–H and O–H groups in total. The van der Waals surface area contributed by atoms with Gasteiger partial charge in [0.25, 0.3) is 0 Å². The maximum absolute atomic E-state index is 12.0. The minimum atomic E-state index is -2.95. The Bertz CT molecular complexity index is 620. The third-order valence-corrected chi connectivity index (χ3v) is 5.34. The van der Waals surface area contributed by atoms with Gasteiger partial charge in [0.1, 0.15) is 5.75 Å². The Morgan fingerprint density at radius 1 is 0.909 bits per heavy atom. The van der Waals surface area contributed by atoms with E-state index in [0.29, 0.717) is 19.2 Å². The summed E-state index contributed by atoms with van der Waals surface area (Å²) in [4.78, 5) is 0. The van der Waals surface area contributed by atoms with Gasteiger partial charge >= 0.3 is 7.60 Å². The second-order valence-corrected chi connectivity index (χ2v) is 7.16. The molecule has 0 fully saturated rings. The molecule has 118 valence electrons. The number of hydrogen-bond donors (Lipinski definition) is 0. The molecule has 0 heterocycles. The Balaban J connectivity index is 1.98. The molecule has 2 rings (SSSR count). The Labute approximate surface area is 131 Å². The smallest absolute Gasteiger partial charge is 0.330 e. The van der Waals surface area contributed by atoms with Crippen molar-refractivity contribution in [3.8, 4) is 16.9 Å². The lowest BCUT2D eigenvalue weighted by Gasteiger charge is -2.14. The molecule has 4 nitrogen and oxygen atoms in total. The van der Waals surface area contributed by atoms with Gasteiger partial charge in [-0.3, -0.25) is 4.57 Å². The van der Waals surface area contributed by atoms with Crippen molar-refractivity contribution < 1.29 is 18.3 Å². The molecule has 0 saturated carbocycles. The topological polar surface area (TPSA) is 44.8 Å². The molecule has 0 amide bonds. The number of hydrogen-bond acceptors (Lipinski definition) is 4. The number of para-hydroxylation sites is 1. The second kappa shape index (κ2) is 8.14. The fraction of sp³-hybridized carbons (Fsp3) is 0.294. The van der Waals surface area contributed by atoms with Crippen molar-refractivity contribution in [1.82, 2.24) is 0 Å². The molecule has 2 aromatic carbocycles. The lowest BCUT2D eigenvalue weighted by molar-refractivity contribution is 0.267. The van der Waals surface area contributed by atoms with Gasteiger partial charge in [-0.15, -0.1) is 0 Å². The van der Waals surface area contributed by atoms with Gasteiger partial charge in [0.15, 0.2) is 0 Å². The van der Waals surface area contributed by atoms with Gasteiger partial charge in [0.05, 0.1) is 12.8 Å². The fourth-order valence-electron chi connectivity index (χ4n) is 2.15. The van der Waals surface area contributed by atoms with Gasteiger partial charge in [-0.1, -0.05) is 48.5 Å². The highest BCUT2D eigenvalue weighted by Gasteiger charge is 2.20. The normalized spacial score (nSPS) is 11.4. The van der Waals surface area contributed by atoms with E-state index in [1.807, 2.05) is 54.6 Å². The van der Waals surface area contributed by atoms with E-state index in [2.05, 4.69) is 0 Å². The lowest BCUT2D eigenvalue weighted by atomic mass is 10.1. The molecular formula is C17H21O4P. The van der Waals surface area contributed by atoms with E-state index >= 15 is 0 Å². The van der Waals surface area contributed by atoms with Crippen LogP contribution in [0.4, 0.5) is 0 Å². The Hall–Kier alpha value is -1.61. The molecule has 0 aliphatic rings. The minimum absolute atomic E-state index is 0.341. The van der Waals surface area contributed by atoms with Gasteiger partial charge in [0.2, 0.25) is 0 Å². The summed E-state index contributed by atoms with van der Waals surface area (Å²) < 4.78 is 27.6. The van der Waals surface area contributed by atoms with Crippen molar-refractivity contribution in [2.75, 3.05) is 27.0 Å². The molecule has 0 aromatic heterocycles. The van der Waals surface area contributed by atoms with Gasteiger partial charge in [-0.2, -0.15) is 0 Å². The van der Waals surface area contributed by atoms with Crippen LogP contribution in [0.2, 0.25) is 0 Å². The van der Waals surface area contributed by atoms with Crippen LogP contribution in [0.3, 0.4) is 0 Å². The molecule has 0 atom stereocenters. The van der Waals surface area contributed by atoms with Crippen LogP contribution in [-0.2, 0) is 13.6 Å². The highest BCUT2D eigenvalue weighted by molar-refractivity contribution is 7.53. The van der Waals surface area contributed by atoms with Crippen LogP contribution in [0.1, 0.15) is 6.42 Å². The summed E-state index contributed by atoms with van der Waals surface area (Å²) in [7, 11) is -0.155. The van der Waals surface area contributed by atoms with E-state index < -0.39 is 7.60 Å². The minimum Gasteiger partial charge on any atom is -0.493 e. The molecule has 0 radical (unpaired) electrons. The first-order valence-corrected chi connectivity index (χ1v) is 8.89. The van der Waals surface area contributed by atoms with Crippen LogP contribution in [-0.4, -0.2) is 27.0 Å². The summed E-state index contributed by atoms with van der Waals surface area (Å²) in [6.07, 6.45) is 0.940. The maximum atomic E-state index is 12.0. The fourth-order valence-corrected chi connectivity index (χ4v) is 3.18. The Morgan fingerprint density at radius 2 is 1.55 bits per heavy atom. The van der Waals surface area contributed by atoms with Crippen molar-refractivity contribution >= 4 is 7.60 Å². The predicted molar refractivity (Wildman–Crippen MR) is 88.5 cm³/mol. The Kier molecular flexibility index (Phi) is 6.20. The largest absolute Gasteiger partial charge is 0.493 e. The summed E-state index contributed by atoms with van der Waals surface area (Å²) in [6, 6.07) is 18.0. The highest BCUT2D eigenvalue weighted by atomic mass is 31.2. The van der Waals surface area contributed by atoms with Crippen molar-refractivity contribution in [2.24, 2.45) is 0 Å². The average Bonchev–Trinajstić information content (AvgIpc) is 2.59. The molecule has 22 heavy (non-hydrogen) atoms. The van der Waals surface area contributed by atoms with Crippen LogP contribution < -0.4 is 4.74 Å². The first-order valence-electron chi connectivity index (χ1n) is 7.16. The van der Waals surface area contributed by atoms with Crippen LogP contribution in [0.25, 0.3) is 11.1 Å². The summed E-state index contributed by atoms with van der Waals surface area (Å²) in [5, 5.41) is 0. The third-order valence-electron chi connectivity index (χ3n) is 3.36. The van der Waals surface area contributed by atoms with Crippen LogP contribution >= 0.6 is 7.60 Å². The lowest BCUT2D eigenvalue weighted by Crippen LogP contribution is -2.03. The zero-order valence-corrected chi connectivity index (χ0v) is 13.8. The van der Waals surface area contributed by atoms with Gasteiger partial charge in [-0.05, 0) is 18.1 Å².